The summed E-state index contributed by atoms with van der Waals surface area (Å²) in [5.41, 5.74) is 1.49. The first kappa shape index (κ1) is 26.6. The minimum atomic E-state index is -0.381. The van der Waals surface area contributed by atoms with Crippen LogP contribution in [-0.4, -0.2) is 68.7 Å². The molecule has 2 amide bonds. The third kappa shape index (κ3) is 6.67. The van der Waals surface area contributed by atoms with Gasteiger partial charge in [-0.15, -0.1) is 11.3 Å². The lowest BCUT2D eigenvalue weighted by molar-refractivity contribution is -0.135. The zero-order chi connectivity index (χ0) is 26.2. The molecule has 3 aromatic rings. The van der Waals surface area contributed by atoms with Crippen molar-refractivity contribution in [1.82, 2.24) is 9.80 Å². The Morgan fingerprint density at radius 3 is 2.70 bits per heavy atom. The van der Waals surface area contributed by atoms with Gasteiger partial charge >= 0.3 is 0 Å². The zero-order valence-corrected chi connectivity index (χ0v) is 21.8. The predicted molar refractivity (Wildman–Crippen MR) is 140 cm³/mol. The molecule has 0 fully saturated rings. The Morgan fingerprint density at radius 2 is 1.92 bits per heavy atom. The van der Waals surface area contributed by atoms with Crippen molar-refractivity contribution >= 4 is 23.2 Å². The largest absolute Gasteiger partial charge is 0.497 e. The van der Waals surface area contributed by atoms with Gasteiger partial charge in [0.1, 0.15) is 30.5 Å². The number of benzene rings is 2. The van der Waals surface area contributed by atoms with E-state index in [4.69, 9.17) is 14.2 Å². The first-order valence-corrected chi connectivity index (χ1v) is 13.0. The standard InChI is InChI=1S/C28H31FN2O5S/c1-34-14-5-12-30(28(33)20-6-3-8-22(16-20)35-2)18-27(32)31-13-10-26-24(11-15-37-26)25(31)19-36-23-9-4-7-21(29)17-23/h3-4,6-9,11,15-17,25H,5,10,12-14,18-19H2,1-2H3/t25-/m0/s1. The quantitative estimate of drug-likeness (QED) is 0.342. The van der Waals surface area contributed by atoms with E-state index >= 15 is 0 Å². The van der Waals surface area contributed by atoms with Crippen LogP contribution in [0.15, 0.2) is 60.0 Å². The maximum absolute atomic E-state index is 13.7. The molecule has 7 nitrogen and oxygen atoms in total. The van der Waals surface area contributed by atoms with Crippen LogP contribution in [0.25, 0.3) is 0 Å². The summed E-state index contributed by atoms with van der Waals surface area (Å²) in [6.07, 6.45) is 1.34. The van der Waals surface area contributed by atoms with Crippen molar-refractivity contribution in [3.8, 4) is 11.5 Å². The number of hydrogen-bond donors (Lipinski definition) is 0. The average molecular weight is 527 g/mol. The fourth-order valence-electron chi connectivity index (χ4n) is 4.45. The highest BCUT2D eigenvalue weighted by Gasteiger charge is 2.33. The number of thiophene rings is 1. The molecule has 1 atom stereocenters. The smallest absolute Gasteiger partial charge is 0.254 e. The molecule has 2 heterocycles. The molecule has 2 aromatic carbocycles. The Morgan fingerprint density at radius 1 is 1.11 bits per heavy atom. The topological polar surface area (TPSA) is 68.3 Å². The van der Waals surface area contributed by atoms with Crippen LogP contribution in [0.4, 0.5) is 4.39 Å². The molecule has 4 rings (SSSR count). The Balaban J connectivity index is 1.53. The van der Waals surface area contributed by atoms with E-state index in [1.54, 1.807) is 71.8 Å². The molecule has 1 aliphatic heterocycles. The van der Waals surface area contributed by atoms with Crippen LogP contribution in [0.3, 0.4) is 0 Å². The van der Waals surface area contributed by atoms with E-state index in [1.165, 1.54) is 17.0 Å². The molecular formula is C28H31FN2O5S. The molecule has 0 aliphatic carbocycles. The number of ether oxygens (including phenoxy) is 3. The number of methoxy groups -OCH3 is 2. The van der Waals surface area contributed by atoms with Gasteiger partial charge in [-0.1, -0.05) is 12.1 Å². The first-order chi connectivity index (χ1) is 18.0. The number of fused-ring (bicyclic) bond motifs is 1. The Hall–Kier alpha value is -3.43. The van der Waals surface area contributed by atoms with Gasteiger partial charge in [-0.05, 0) is 60.2 Å². The number of carbonyl (C=O) groups excluding carboxylic acids is 2. The summed E-state index contributed by atoms with van der Waals surface area (Å²) in [6.45, 7) is 1.48. The number of nitrogens with zero attached hydrogens (tertiary/aromatic N) is 2. The van der Waals surface area contributed by atoms with Crippen LogP contribution in [0.1, 0.15) is 33.3 Å². The maximum Gasteiger partial charge on any atom is 0.254 e. The van der Waals surface area contributed by atoms with Crippen LogP contribution in [0.2, 0.25) is 0 Å². The monoisotopic (exact) mass is 526 g/mol. The van der Waals surface area contributed by atoms with Crippen LogP contribution >= 0.6 is 11.3 Å². The summed E-state index contributed by atoms with van der Waals surface area (Å²) in [6, 6.07) is 14.6. The molecular weight excluding hydrogens is 495 g/mol. The zero-order valence-electron chi connectivity index (χ0n) is 21.0. The SMILES string of the molecule is COCCCN(CC(=O)N1CCc2sccc2[C@@H]1COc1cccc(F)c1)C(=O)c1cccc(OC)c1. The lowest BCUT2D eigenvalue weighted by atomic mass is 10.0. The minimum absolute atomic E-state index is 0.0737. The van der Waals surface area contributed by atoms with E-state index in [-0.39, 0.29) is 36.8 Å². The van der Waals surface area contributed by atoms with Crippen molar-refractivity contribution in [3.05, 3.63) is 81.8 Å². The number of amides is 2. The highest BCUT2D eigenvalue weighted by Crippen LogP contribution is 2.34. The molecule has 0 unspecified atom stereocenters. The molecule has 1 aromatic heterocycles. The van der Waals surface area contributed by atoms with Gasteiger partial charge in [0.05, 0.1) is 13.2 Å². The van der Waals surface area contributed by atoms with Crippen LogP contribution in [-0.2, 0) is 16.0 Å². The van der Waals surface area contributed by atoms with E-state index < -0.39 is 0 Å². The molecule has 0 radical (unpaired) electrons. The summed E-state index contributed by atoms with van der Waals surface area (Å²) in [5.74, 6) is 0.185. The molecule has 1 aliphatic rings. The van der Waals surface area contributed by atoms with E-state index in [0.717, 1.165) is 12.0 Å². The van der Waals surface area contributed by atoms with Gasteiger partial charge in [0.25, 0.3) is 5.91 Å². The highest BCUT2D eigenvalue weighted by atomic mass is 32.1. The van der Waals surface area contributed by atoms with Gasteiger partial charge in [0.2, 0.25) is 5.91 Å². The summed E-state index contributed by atoms with van der Waals surface area (Å²) in [7, 11) is 3.15. The van der Waals surface area contributed by atoms with Gasteiger partial charge in [0.15, 0.2) is 0 Å². The van der Waals surface area contributed by atoms with Crippen LogP contribution in [0.5, 0.6) is 11.5 Å². The molecule has 0 spiro atoms. The van der Waals surface area contributed by atoms with Crippen molar-refractivity contribution < 1.29 is 28.2 Å². The van der Waals surface area contributed by atoms with Crippen LogP contribution in [0, 0.1) is 5.82 Å². The Kier molecular flexibility index (Phi) is 9.14. The number of carbonyl (C=O) groups is 2. The highest BCUT2D eigenvalue weighted by molar-refractivity contribution is 7.10. The molecule has 37 heavy (non-hydrogen) atoms. The van der Waals surface area contributed by atoms with Gasteiger partial charge in [-0.3, -0.25) is 9.59 Å². The van der Waals surface area contributed by atoms with Crippen molar-refractivity contribution in [2.75, 3.05) is 47.1 Å². The second kappa shape index (κ2) is 12.7. The summed E-state index contributed by atoms with van der Waals surface area (Å²) < 4.78 is 30.0. The summed E-state index contributed by atoms with van der Waals surface area (Å²) >= 11 is 1.66. The number of hydrogen-bond acceptors (Lipinski definition) is 6. The van der Waals surface area contributed by atoms with Crippen LogP contribution < -0.4 is 9.47 Å². The maximum atomic E-state index is 13.7. The molecule has 0 saturated heterocycles. The fraction of sp³-hybridized carbons (Fsp3) is 0.357. The summed E-state index contributed by atoms with van der Waals surface area (Å²) in [5, 5.41) is 2.01. The molecule has 0 saturated carbocycles. The van der Waals surface area contributed by atoms with E-state index in [0.29, 0.717) is 43.2 Å². The molecule has 196 valence electrons. The lowest BCUT2D eigenvalue weighted by Gasteiger charge is -2.37. The third-order valence-electron chi connectivity index (χ3n) is 6.33. The van der Waals surface area contributed by atoms with Crippen molar-refractivity contribution in [1.29, 1.82) is 0 Å². The van der Waals surface area contributed by atoms with Crippen molar-refractivity contribution in [2.24, 2.45) is 0 Å². The van der Waals surface area contributed by atoms with Crippen molar-refractivity contribution in [2.45, 2.75) is 18.9 Å². The van der Waals surface area contributed by atoms with Gasteiger partial charge < -0.3 is 24.0 Å². The van der Waals surface area contributed by atoms with E-state index in [9.17, 15) is 14.0 Å². The second-order valence-corrected chi connectivity index (χ2v) is 9.73. The fourth-order valence-corrected chi connectivity index (χ4v) is 5.38. The first-order valence-electron chi connectivity index (χ1n) is 12.2. The summed E-state index contributed by atoms with van der Waals surface area (Å²) in [4.78, 5) is 31.6. The minimum Gasteiger partial charge on any atom is -0.497 e. The van der Waals surface area contributed by atoms with Gasteiger partial charge in [-0.25, -0.2) is 4.39 Å². The Bertz CT molecular complexity index is 1220. The normalized spacial score (nSPS) is 14.7. The van der Waals surface area contributed by atoms with Crippen molar-refractivity contribution in [3.63, 3.8) is 0 Å². The molecule has 0 N–H and O–H groups in total. The average Bonchev–Trinajstić information content (AvgIpc) is 3.40. The third-order valence-corrected chi connectivity index (χ3v) is 7.32. The second-order valence-electron chi connectivity index (χ2n) is 8.73. The molecule has 0 bridgehead atoms. The lowest BCUT2D eigenvalue weighted by Crippen LogP contribution is -2.48. The predicted octanol–water partition coefficient (Wildman–Crippen LogP) is 4.58. The molecule has 9 heteroatoms. The Labute approximate surface area is 220 Å². The number of halogens is 1. The van der Waals surface area contributed by atoms with E-state index in [2.05, 4.69) is 0 Å². The van der Waals surface area contributed by atoms with E-state index in [1.807, 2.05) is 11.4 Å². The number of rotatable bonds is 11. The van der Waals surface area contributed by atoms with Gasteiger partial charge in [0, 0.05) is 43.3 Å². The van der Waals surface area contributed by atoms with Gasteiger partial charge in [-0.2, -0.15) is 0 Å².